The number of nitrogens with one attached hydrogen (secondary N) is 3. The molecule has 0 spiro atoms. The Morgan fingerprint density at radius 1 is 1.21 bits per heavy atom. The van der Waals surface area contributed by atoms with Crippen LogP contribution in [0, 0.1) is 17.8 Å². The third-order valence-corrected chi connectivity index (χ3v) is 6.92. The molecule has 3 amide bonds. The maximum Gasteiger partial charge on any atom is 0.358 e. The van der Waals surface area contributed by atoms with Crippen LogP contribution in [0.25, 0.3) is 0 Å². The Balaban J connectivity index is 1.22. The lowest BCUT2D eigenvalue weighted by atomic mass is 9.53. The fourth-order valence-corrected chi connectivity index (χ4v) is 6.20. The van der Waals surface area contributed by atoms with Gasteiger partial charge in [0, 0.05) is 17.5 Å². The predicted molar refractivity (Wildman–Crippen MR) is 109 cm³/mol. The molecule has 0 unspecified atom stereocenters. The van der Waals surface area contributed by atoms with Crippen molar-refractivity contribution in [3.05, 3.63) is 23.7 Å². The standard InChI is InChI=1S/C20H26N4O4S/c1-2-3-21-19-22-15(11-29-19)17(26)28-10-16(25)23-18(27)24-20-7-12-4-13(8-20)6-14(5-12)9-20/h2,11-14H,1,3-10H2,(H,21,22)(H2,23,24,25,27). The van der Waals surface area contributed by atoms with Gasteiger partial charge in [-0.1, -0.05) is 6.08 Å². The van der Waals surface area contributed by atoms with Gasteiger partial charge in [0.15, 0.2) is 17.4 Å². The topological polar surface area (TPSA) is 109 Å². The third kappa shape index (κ3) is 4.60. The molecule has 0 saturated heterocycles. The second-order valence-electron chi connectivity index (χ2n) is 8.48. The minimum Gasteiger partial charge on any atom is -0.451 e. The summed E-state index contributed by atoms with van der Waals surface area (Å²) >= 11 is 1.26. The molecule has 4 aliphatic rings. The SMILES string of the molecule is C=CCNc1nc(C(=O)OCC(=O)NC(=O)NC23CC4CC(CC(C4)C2)C3)cs1. The number of anilines is 1. The first-order valence-electron chi connectivity index (χ1n) is 10.0. The number of hydrogen-bond donors (Lipinski definition) is 3. The van der Waals surface area contributed by atoms with E-state index < -0.39 is 24.5 Å². The van der Waals surface area contributed by atoms with Gasteiger partial charge >= 0.3 is 12.0 Å². The van der Waals surface area contributed by atoms with Crippen LogP contribution in [-0.4, -0.2) is 41.6 Å². The Hall–Kier alpha value is -2.42. The number of esters is 1. The zero-order valence-electron chi connectivity index (χ0n) is 16.2. The molecule has 29 heavy (non-hydrogen) atoms. The zero-order chi connectivity index (χ0) is 20.4. The summed E-state index contributed by atoms with van der Waals surface area (Å²) < 4.78 is 4.97. The van der Waals surface area contributed by atoms with Crippen LogP contribution in [0.3, 0.4) is 0 Å². The molecule has 0 aromatic carbocycles. The number of nitrogens with zero attached hydrogens (tertiary/aromatic N) is 1. The molecule has 0 atom stereocenters. The summed E-state index contributed by atoms with van der Waals surface area (Å²) in [5, 5.41) is 10.4. The Bertz CT molecular complexity index is 786. The maximum absolute atomic E-state index is 12.3. The monoisotopic (exact) mass is 418 g/mol. The summed E-state index contributed by atoms with van der Waals surface area (Å²) in [6, 6.07) is -0.502. The molecule has 0 radical (unpaired) electrons. The summed E-state index contributed by atoms with van der Waals surface area (Å²) in [5.74, 6) is 0.733. The Morgan fingerprint density at radius 2 is 1.86 bits per heavy atom. The second-order valence-corrected chi connectivity index (χ2v) is 9.34. The number of hydrogen-bond acceptors (Lipinski definition) is 7. The normalized spacial score (nSPS) is 29.2. The minimum absolute atomic E-state index is 0.118. The van der Waals surface area contributed by atoms with Crippen molar-refractivity contribution in [2.24, 2.45) is 17.8 Å². The van der Waals surface area contributed by atoms with Crippen molar-refractivity contribution in [3.8, 4) is 0 Å². The quantitative estimate of drug-likeness (QED) is 0.464. The van der Waals surface area contributed by atoms with Crippen molar-refractivity contribution in [3.63, 3.8) is 0 Å². The van der Waals surface area contributed by atoms with E-state index in [2.05, 4.69) is 27.5 Å². The predicted octanol–water partition coefficient (Wildman–Crippen LogP) is 2.69. The van der Waals surface area contributed by atoms with Crippen molar-refractivity contribution in [1.29, 1.82) is 0 Å². The molecule has 4 aliphatic carbocycles. The van der Waals surface area contributed by atoms with Crippen molar-refractivity contribution in [2.75, 3.05) is 18.5 Å². The van der Waals surface area contributed by atoms with Crippen LogP contribution in [0.4, 0.5) is 9.93 Å². The van der Waals surface area contributed by atoms with Crippen molar-refractivity contribution in [1.82, 2.24) is 15.6 Å². The van der Waals surface area contributed by atoms with E-state index in [0.29, 0.717) is 29.4 Å². The van der Waals surface area contributed by atoms with Crippen LogP contribution in [-0.2, 0) is 9.53 Å². The van der Waals surface area contributed by atoms with E-state index in [1.54, 1.807) is 11.5 Å². The number of rotatable bonds is 7. The number of imide groups is 1. The lowest BCUT2D eigenvalue weighted by molar-refractivity contribution is -0.123. The molecule has 1 heterocycles. The first-order valence-corrected chi connectivity index (χ1v) is 10.9. The van der Waals surface area contributed by atoms with Gasteiger partial charge in [0.1, 0.15) is 0 Å². The van der Waals surface area contributed by atoms with Crippen LogP contribution in [0.5, 0.6) is 0 Å². The number of amides is 3. The smallest absolute Gasteiger partial charge is 0.358 e. The van der Waals surface area contributed by atoms with Gasteiger partial charge in [-0.2, -0.15) is 0 Å². The largest absolute Gasteiger partial charge is 0.451 e. The fourth-order valence-electron chi connectivity index (χ4n) is 5.51. The average Bonchev–Trinajstić information content (AvgIpc) is 3.11. The fraction of sp³-hybridized carbons (Fsp3) is 0.600. The number of thiazole rings is 1. The van der Waals surface area contributed by atoms with Gasteiger partial charge in [-0.25, -0.2) is 14.6 Å². The molecule has 156 valence electrons. The molecule has 1 aromatic rings. The molecule has 9 heteroatoms. The minimum atomic E-state index is -0.704. The van der Waals surface area contributed by atoms with Crippen LogP contribution < -0.4 is 16.0 Å². The summed E-state index contributed by atoms with van der Waals surface area (Å²) in [6.07, 6.45) is 8.51. The average molecular weight is 419 g/mol. The molecule has 3 N–H and O–H groups in total. The third-order valence-electron chi connectivity index (χ3n) is 6.12. The highest BCUT2D eigenvalue weighted by molar-refractivity contribution is 7.13. The molecule has 0 aliphatic heterocycles. The van der Waals surface area contributed by atoms with Gasteiger partial charge in [-0.15, -0.1) is 17.9 Å². The van der Waals surface area contributed by atoms with Gasteiger partial charge in [-0.3, -0.25) is 10.1 Å². The van der Waals surface area contributed by atoms with Gasteiger partial charge in [0.25, 0.3) is 5.91 Å². The van der Waals surface area contributed by atoms with Crippen LogP contribution in [0.15, 0.2) is 18.0 Å². The van der Waals surface area contributed by atoms with Crippen molar-refractivity contribution in [2.45, 2.75) is 44.1 Å². The van der Waals surface area contributed by atoms with Crippen molar-refractivity contribution < 1.29 is 19.1 Å². The molecular formula is C20H26N4O4S. The molecule has 1 aromatic heterocycles. The Morgan fingerprint density at radius 3 is 2.48 bits per heavy atom. The summed E-state index contributed by atoms with van der Waals surface area (Å²) in [6.45, 7) is 3.60. The lowest BCUT2D eigenvalue weighted by Gasteiger charge is -2.56. The maximum atomic E-state index is 12.3. The van der Waals surface area contributed by atoms with E-state index in [1.807, 2.05) is 0 Å². The van der Waals surface area contributed by atoms with Gasteiger partial charge in [0.2, 0.25) is 0 Å². The number of urea groups is 1. The van der Waals surface area contributed by atoms with Gasteiger partial charge in [-0.05, 0) is 56.3 Å². The van der Waals surface area contributed by atoms with E-state index in [1.165, 1.54) is 30.6 Å². The molecule has 8 nitrogen and oxygen atoms in total. The Labute approximate surface area is 173 Å². The first kappa shape index (κ1) is 19.9. The van der Waals surface area contributed by atoms with E-state index in [-0.39, 0.29) is 11.2 Å². The number of carbonyl (C=O) groups excluding carboxylic acids is 3. The number of carbonyl (C=O) groups is 3. The highest BCUT2D eigenvalue weighted by Crippen LogP contribution is 2.55. The van der Waals surface area contributed by atoms with Crippen LogP contribution >= 0.6 is 11.3 Å². The summed E-state index contributed by atoms with van der Waals surface area (Å²) in [4.78, 5) is 40.5. The summed E-state index contributed by atoms with van der Waals surface area (Å²) in [5.41, 5.74) is -0.0574. The molecule has 4 saturated carbocycles. The second kappa shape index (κ2) is 8.14. The molecule has 4 fully saturated rings. The summed E-state index contributed by atoms with van der Waals surface area (Å²) in [7, 11) is 0. The Kier molecular flexibility index (Phi) is 5.58. The van der Waals surface area contributed by atoms with E-state index in [0.717, 1.165) is 19.3 Å². The highest BCUT2D eigenvalue weighted by atomic mass is 32.1. The van der Waals surface area contributed by atoms with Gasteiger partial charge in [0.05, 0.1) is 0 Å². The molecular weight excluding hydrogens is 392 g/mol. The van der Waals surface area contributed by atoms with Gasteiger partial charge < -0.3 is 15.4 Å². The highest BCUT2D eigenvalue weighted by Gasteiger charge is 2.51. The zero-order valence-corrected chi connectivity index (χ0v) is 17.1. The van der Waals surface area contributed by atoms with E-state index >= 15 is 0 Å². The van der Waals surface area contributed by atoms with Crippen LogP contribution in [0.2, 0.25) is 0 Å². The molecule has 4 bridgehead atoms. The number of aromatic nitrogens is 1. The van der Waals surface area contributed by atoms with E-state index in [9.17, 15) is 14.4 Å². The first-order chi connectivity index (χ1) is 13.9. The van der Waals surface area contributed by atoms with Crippen LogP contribution in [0.1, 0.15) is 49.0 Å². The lowest BCUT2D eigenvalue weighted by Crippen LogP contribution is -2.62. The molecule has 5 rings (SSSR count). The van der Waals surface area contributed by atoms with Crippen molar-refractivity contribution >= 4 is 34.4 Å². The van der Waals surface area contributed by atoms with E-state index in [4.69, 9.17) is 4.74 Å². The number of ether oxygens (including phenoxy) is 1.